The van der Waals surface area contributed by atoms with Crippen LogP contribution in [0, 0.1) is 17.8 Å². The van der Waals surface area contributed by atoms with Gasteiger partial charge in [0, 0.05) is 0 Å². The van der Waals surface area contributed by atoms with E-state index < -0.39 is 0 Å². The van der Waals surface area contributed by atoms with Gasteiger partial charge >= 0.3 is 0 Å². The fraction of sp³-hybridized carbons (Fsp3) is 1.00. The van der Waals surface area contributed by atoms with E-state index in [0.717, 1.165) is 37.0 Å². The summed E-state index contributed by atoms with van der Waals surface area (Å²) in [5.41, 5.74) is -0.200. The van der Waals surface area contributed by atoms with Gasteiger partial charge in [-0.1, -0.05) is 0 Å². The SMILES string of the molecule is N.OC12CC3CC(CC(C3)C1)C2. The van der Waals surface area contributed by atoms with Gasteiger partial charge in [0.1, 0.15) is 0 Å². The molecule has 0 aromatic carbocycles. The Morgan fingerprint density at radius 1 is 0.833 bits per heavy atom. The van der Waals surface area contributed by atoms with Crippen molar-refractivity contribution in [1.29, 1.82) is 0 Å². The fourth-order valence-corrected chi connectivity index (χ4v) is 4.06. The van der Waals surface area contributed by atoms with Gasteiger partial charge < -0.3 is 11.3 Å². The average Bonchev–Trinajstić information content (AvgIpc) is 1.79. The van der Waals surface area contributed by atoms with Crippen molar-refractivity contribution in [2.75, 3.05) is 0 Å². The molecule has 4 saturated carbocycles. The Hall–Kier alpha value is -0.0800. The number of aliphatic hydroxyl groups is 1. The Balaban J connectivity index is 0.000000563. The van der Waals surface area contributed by atoms with E-state index in [9.17, 15) is 5.11 Å². The normalized spacial score (nSPS) is 55.2. The van der Waals surface area contributed by atoms with E-state index in [2.05, 4.69) is 0 Å². The third-order valence-corrected chi connectivity index (χ3v) is 4.01. The second-order valence-electron chi connectivity index (χ2n) is 5.14. The first-order valence-electron chi connectivity index (χ1n) is 4.96. The lowest BCUT2D eigenvalue weighted by Crippen LogP contribution is -2.50. The molecule has 0 aromatic heterocycles. The molecule has 4 aliphatic rings. The maximum absolute atomic E-state index is 10.1. The van der Waals surface area contributed by atoms with E-state index >= 15 is 0 Å². The molecule has 4 N–H and O–H groups in total. The molecule has 2 heteroatoms. The highest BCUT2D eigenvalue weighted by molar-refractivity contribution is 5.01. The summed E-state index contributed by atoms with van der Waals surface area (Å²) in [7, 11) is 0. The minimum Gasteiger partial charge on any atom is -0.390 e. The molecule has 0 radical (unpaired) electrons. The van der Waals surface area contributed by atoms with Crippen LogP contribution < -0.4 is 6.15 Å². The molecule has 0 aliphatic heterocycles. The second kappa shape index (κ2) is 2.46. The second-order valence-corrected chi connectivity index (χ2v) is 5.14. The molecular weight excluding hydrogens is 150 g/mol. The first-order chi connectivity index (χ1) is 5.23. The molecule has 4 rings (SSSR count). The topological polar surface area (TPSA) is 55.2 Å². The van der Waals surface area contributed by atoms with E-state index in [1.54, 1.807) is 0 Å². The molecule has 0 amide bonds. The summed E-state index contributed by atoms with van der Waals surface area (Å²) >= 11 is 0. The van der Waals surface area contributed by atoms with E-state index in [0.29, 0.717) is 0 Å². The van der Waals surface area contributed by atoms with Crippen molar-refractivity contribution in [3.05, 3.63) is 0 Å². The van der Waals surface area contributed by atoms with Crippen molar-refractivity contribution in [3.8, 4) is 0 Å². The molecule has 4 bridgehead atoms. The van der Waals surface area contributed by atoms with E-state index in [-0.39, 0.29) is 11.8 Å². The van der Waals surface area contributed by atoms with Crippen LogP contribution in [0.25, 0.3) is 0 Å². The van der Waals surface area contributed by atoms with Crippen LogP contribution in [0.3, 0.4) is 0 Å². The lowest BCUT2D eigenvalue weighted by atomic mass is 9.54. The Labute approximate surface area is 73.9 Å². The molecule has 12 heavy (non-hydrogen) atoms. The largest absolute Gasteiger partial charge is 0.390 e. The summed E-state index contributed by atoms with van der Waals surface area (Å²) in [6.45, 7) is 0. The number of hydrogen-bond acceptors (Lipinski definition) is 2. The van der Waals surface area contributed by atoms with Gasteiger partial charge in [0.25, 0.3) is 0 Å². The summed E-state index contributed by atoms with van der Waals surface area (Å²) in [5, 5.41) is 10.1. The molecule has 0 spiro atoms. The summed E-state index contributed by atoms with van der Waals surface area (Å²) in [4.78, 5) is 0. The van der Waals surface area contributed by atoms with Gasteiger partial charge in [-0.2, -0.15) is 0 Å². The van der Waals surface area contributed by atoms with Crippen LogP contribution in [0.15, 0.2) is 0 Å². The molecule has 70 valence electrons. The minimum absolute atomic E-state index is 0. The summed E-state index contributed by atoms with van der Waals surface area (Å²) < 4.78 is 0. The number of hydrogen-bond donors (Lipinski definition) is 2. The maximum Gasteiger partial charge on any atom is 0.0655 e. The van der Waals surface area contributed by atoms with E-state index in [4.69, 9.17) is 0 Å². The van der Waals surface area contributed by atoms with Crippen LogP contribution >= 0.6 is 0 Å². The van der Waals surface area contributed by atoms with E-state index in [1.165, 1.54) is 19.3 Å². The van der Waals surface area contributed by atoms with Crippen LogP contribution in [-0.2, 0) is 0 Å². The first-order valence-corrected chi connectivity index (χ1v) is 4.96. The molecule has 2 nitrogen and oxygen atoms in total. The molecule has 0 saturated heterocycles. The monoisotopic (exact) mass is 169 g/mol. The zero-order valence-corrected chi connectivity index (χ0v) is 7.63. The van der Waals surface area contributed by atoms with Crippen LogP contribution in [-0.4, -0.2) is 10.7 Å². The fourth-order valence-electron chi connectivity index (χ4n) is 4.06. The van der Waals surface area contributed by atoms with Crippen LogP contribution in [0.1, 0.15) is 38.5 Å². The Morgan fingerprint density at radius 3 is 1.42 bits per heavy atom. The Morgan fingerprint density at radius 2 is 1.17 bits per heavy atom. The summed E-state index contributed by atoms with van der Waals surface area (Å²) in [6.07, 6.45) is 7.66. The van der Waals surface area contributed by atoms with Crippen LogP contribution in [0.5, 0.6) is 0 Å². The van der Waals surface area contributed by atoms with Crippen molar-refractivity contribution >= 4 is 0 Å². The average molecular weight is 169 g/mol. The van der Waals surface area contributed by atoms with Gasteiger partial charge in [-0.3, -0.25) is 0 Å². The smallest absolute Gasteiger partial charge is 0.0655 e. The number of rotatable bonds is 0. The Bertz CT molecular complexity index is 155. The highest BCUT2D eigenvalue weighted by Crippen LogP contribution is 2.55. The standard InChI is InChI=1S/C10H16O.H3N/c11-10-4-7-1-8(5-10)3-9(2-7)6-10;/h7-9,11H,1-6H2;1H3. The first kappa shape index (κ1) is 8.52. The minimum atomic E-state index is -0.200. The highest BCUT2D eigenvalue weighted by atomic mass is 16.3. The van der Waals surface area contributed by atoms with Crippen molar-refractivity contribution in [1.82, 2.24) is 6.15 Å². The third-order valence-electron chi connectivity index (χ3n) is 4.01. The lowest BCUT2D eigenvalue weighted by Gasteiger charge is -2.54. The molecule has 4 aliphatic carbocycles. The van der Waals surface area contributed by atoms with Gasteiger partial charge in [-0.15, -0.1) is 0 Å². The molecule has 4 fully saturated rings. The Kier molecular flexibility index (Phi) is 1.74. The van der Waals surface area contributed by atoms with Crippen LogP contribution in [0.4, 0.5) is 0 Å². The third kappa shape index (κ3) is 1.09. The zero-order valence-electron chi connectivity index (χ0n) is 7.63. The predicted octanol–water partition coefficient (Wildman–Crippen LogP) is 2.11. The van der Waals surface area contributed by atoms with Crippen molar-refractivity contribution in [2.45, 2.75) is 44.1 Å². The van der Waals surface area contributed by atoms with Gasteiger partial charge in [0.05, 0.1) is 5.60 Å². The summed E-state index contributed by atoms with van der Waals surface area (Å²) in [5.74, 6) is 2.68. The molecular formula is C10H19NO. The highest BCUT2D eigenvalue weighted by Gasteiger charge is 2.49. The van der Waals surface area contributed by atoms with Gasteiger partial charge in [-0.25, -0.2) is 0 Å². The molecule has 0 unspecified atom stereocenters. The maximum atomic E-state index is 10.1. The van der Waals surface area contributed by atoms with Crippen molar-refractivity contribution in [3.63, 3.8) is 0 Å². The lowest BCUT2D eigenvalue weighted by molar-refractivity contribution is -0.124. The van der Waals surface area contributed by atoms with Crippen LogP contribution in [0.2, 0.25) is 0 Å². The van der Waals surface area contributed by atoms with Gasteiger partial charge in [0.15, 0.2) is 0 Å². The van der Waals surface area contributed by atoms with Crippen molar-refractivity contribution < 1.29 is 5.11 Å². The van der Waals surface area contributed by atoms with E-state index in [1.807, 2.05) is 0 Å². The zero-order chi connectivity index (χ0) is 7.47. The predicted molar refractivity (Wildman–Crippen MR) is 48.1 cm³/mol. The van der Waals surface area contributed by atoms with Gasteiger partial charge in [0.2, 0.25) is 0 Å². The van der Waals surface area contributed by atoms with Crippen molar-refractivity contribution in [2.24, 2.45) is 17.8 Å². The summed E-state index contributed by atoms with van der Waals surface area (Å²) in [6, 6.07) is 0. The molecule has 0 heterocycles. The van der Waals surface area contributed by atoms with Gasteiger partial charge in [-0.05, 0) is 56.3 Å². The quantitative estimate of drug-likeness (QED) is 0.583. The molecule has 0 aromatic rings. The molecule has 0 atom stereocenters.